The lowest BCUT2D eigenvalue weighted by atomic mass is 10.1. The number of carbonyl (C=O) groups is 1. The number of rotatable bonds is 2. The molecule has 0 atom stereocenters. The summed E-state index contributed by atoms with van der Waals surface area (Å²) in [5.41, 5.74) is 8.00. The molecule has 0 radical (unpaired) electrons. The molecular formula is C16H25N3O2. The average molecular weight is 291 g/mol. The molecule has 1 aromatic rings. The van der Waals surface area contributed by atoms with Crippen molar-refractivity contribution in [2.24, 2.45) is 0 Å². The zero-order valence-corrected chi connectivity index (χ0v) is 13.1. The number of nitrogen functional groups attached to an aromatic ring is 1. The third kappa shape index (κ3) is 4.55. The first-order valence-electron chi connectivity index (χ1n) is 7.50. The van der Waals surface area contributed by atoms with Gasteiger partial charge in [0.25, 0.3) is 0 Å². The highest BCUT2D eigenvalue weighted by Gasteiger charge is 2.17. The normalized spacial score (nSPS) is 15.7. The van der Waals surface area contributed by atoms with Crippen molar-refractivity contribution in [3.05, 3.63) is 18.2 Å². The van der Waals surface area contributed by atoms with Gasteiger partial charge in [-0.2, -0.15) is 0 Å². The number of nitrogens with one attached hydrogen (secondary N) is 1. The first-order valence-corrected chi connectivity index (χ1v) is 7.50. The maximum Gasteiger partial charge on any atom is 0.412 e. The van der Waals surface area contributed by atoms with Gasteiger partial charge in [0.15, 0.2) is 0 Å². The lowest BCUT2D eigenvalue weighted by Crippen LogP contribution is -2.30. The second-order valence-corrected chi connectivity index (χ2v) is 6.45. The van der Waals surface area contributed by atoms with Gasteiger partial charge in [-0.3, -0.25) is 5.32 Å². The molecule has 3 N–H and O–H groups in total. The summed E-state index contributed by atoms with van der Waals surface area (Å²) in [5, 5.41) is 2.71. The Hall–Kier alpha value is -1.91. The van der Waals surface area contributed by atoms with Crippen molar-refractivity contribution in [1.29, 1.82) is 0 Å². The zero-order chi connectivity index (χ0) is 15.5. The molecule has 1 aromatic carbocycles. The summed E-state index contributed by atoms with van der Waals surface area (Å²) in [6, 6.07) is 5.62. The Labute approximate surface area is 126 Å². The first kappa shape index (κ1) is 15.5. The molecule has 1 heterocycles. The predicted octanol–water partition coefficient (Wildman–Crippen LogP) is 3.61. The van der Waals surface area contributed by atoms with Crippen LogP contribution in [-0.2, 0) is 4.74 Å². The van der Waals surface area contributed by atoms with Crippen LogP contribution < -0.4 is 16.0 Å². The number of nitrogens with two attached hydrogens (primary N) is 1. The van der Waals surface area contributed by atoms with Gasteiger partial charge in [-0.05, 0) is 58.2 Å². The number of hydrogen-bond donors (Lipinski definition) is 2. The number of ether oxygens (including phenoxy) is 1. The smallest absolute Gasteiger partial charge is 0.412 e. The summed E-state index contributed by atoms with van der Waals surface area (Å²) in [6.07, 6.45) is 3.23. The lowest BCUT2D eigenvalue weighted by Gasteiger charge is -2.30. The number of nitrogens with zero attached hydrogens (tertiary/aromatic N) is 1. The van der Waals surface area contributed by atoms with Gasteiger partial charge in [0.1, 0.15) is 5.60 Å². The second kappa shape index (κ2) is 6.24. The maximum atomic E-state index is 11.7. The standard InChI is InChI=1S/C16H25N3O2/c1-16(2,3)21-15(20)18-12-7-8-14(13(17)11-12)19-9-5-4-6-10-19/h7-8,11H,4-6,9-10,17H2,1-3H3,(H,18,20). The summed E-state index contributed by atoms with van der Waals surface area (Å²) in [7, 11) is 0. The van der Waals surface area contributed by atoms with E-state index in [2.05, 4.69) is 10.2 Å². The van der Waals surface area contributed by atoms with Gasteiger partial charge in [-0.15, -0.1) is 0 Å². The molecular weight excluding hydrogens is 266 g/mol. The van der Waals surface area contributed by atoms with E-state index >= 15 is 0 Å². The third-order valence-corrected chi connectivity index (χ3v) is 3.37. The molecule has 0 bridgehead atoms. The van der Waals surface area contributed by atoms with E-state index in [1.54, 1.807) is 6.07 Å². The Balaban J connectivity index is 2.03. The van der Waals surface area contributed by atoms with E-state index in [-0.39, 0.29) is 0 Å². The molecule has 116 valence electrons. The van der Waals surface area contributed by atoms with Crippen molar-refractivity contribution in [3.8, 4) is 0 Å². The minimum atomic E-state index is -0.511. The molecule has 1 aliphatic heterocycles. The van der Waals surface area contributed by atoms with Crippen molar-refractivity contribution >= 4 is 23.2 Å². The molecule has 1 aliphatic rings. The van der Waals surface area contributed by atoms with Gasteiger partial charge < -0.3 is 15.4 Å². The number of benzene rings is 1. The molecule has 0 spiro atoms. The number of anilines is 3. The van der Waals surface area contributed by atoms with Gasteiger partial charge in [0, 0.05) is 18.8 Å². The Morgan fingerprint density at radius 3 is 2.48 bits per heavy atom. The summed E-state index contributed by atoms with van der Waals surface area (Å²) in [4.78, 5) is 14.0. The van der Waals surface area contributed by atoms with Crippen molar-refractivity contribution in [2.45, 2.75) is 45.6 Å². The van der Waals surface area contributed by atoms with Crippen LogP contribution >= 0.6 is 0 Å². The highest BCUT2D eigenvalue weighted by atomic mass is 16.6. The summed E-state index contributed by atoms with van der Waals surface area (Å²) in [6.45, 7) is 7.59. The summed E-state index contributed by atoms with van der Waals surface area (Å²) in [5.74, 6) is 0. The van der Waals surface area contributed by atoms with Crippen LogP contribution in [0.5, 0.6) is 0 Å². The van der Waals surface area contributed by atoms with Crippen LogP contribution in [-0.4, -0.2) is 24.8 Å². The summed E-state index contributed by atoms with van der Waals surface area (Å²) < 4.78 is 5.23. The Morgan fingerprint density at radius 1 is 1.24 bits per heavy atom. The van der Waals surface area contributed by atoms with Gasteiger partial charge in [0.05, 0.1) is 11.4 Å². The van der Waals surface area contributed by atoms with E-state index in [1.165, 1.54) is 19.3 Å². The van der Waals surface area contributed by atoms with Crippen LogP contribution in [0.1, 0.15) is 40.0 Å². The summed E-state index contributed by atoms with van der Waals surface area (Å²) >= 11 is 0. The van der Waals surface area contributed by atoms with Crippen LogP contribution in [0.15, 0.2) is 18.2 Å². The van der Waals surface area contributed by atoms with Gasteiger partial charge in [0.2, 0.25) is 0 Å². The quantitative estimate of drug-likeness (QED) is 0.817. The van der Waals surface area contributed by atoms with Crippen LogP contribution in [0.25, 0.3) is 0 Å². The minimum Gasteiger partial charge on any atom is -0.444 e. The second-order valence-electron chi connectivity index (χ2n) is 6.45. The number of carbonyl (C=O) groups excluding carboxylic acids is 1. The SMILES string of the molecule is CC(C)(C)OC(=O)Nc1ccc(N2CCCCC2)c(N)c1. The first-order chi connectivity index (χ1) is 9.85. The van der Waals surface area contributed by atoms with Crippen LogP contribution in [0, 0.1) is 0 Å². The average Bonchev–Trinajstić information content (AvgIpc) is 2.37. The number of piperidine rings is 1. The number of hydrogen-bond acceptors (Lipinski definition) is 4. The predicted molar refractivity (Wildman–Crippen MR) is 86.8 cm³/mol. The van der Waals surface area contributed by atoms with Crippen LogP contribution in [0.4, 0.5) is 21.9 Å². The van der Waals surface area contributed by atoms with Crippen molar-refractivity contribution in [3.63, 3.8) is 0 Å². The van der Waals surface area contributed by atoms with E-state index in [9.17, 15) is 4.79 Å². The molecule has 0 unspecified atom stereocenters. The van der Waals surface area contributed by atoms with Crippen molar-refractivity contribution in [2.75, 3.05) is 29.0 Å². The van der Waals surface area contributed by atoms with E-state index < -0.39 is 11.7 Å². The molecule has 1 fully saturated rings. The molecule has 5 nitrogen and oxygen atoms in total. The van der Waals surface area contributed by atoms with Gasteiger partial charge >= 0.3 is 6.09 Å². The van der Waals surface area contributed by atoms with E-state index in [0.29, 0.717) is 11.4 Å². The minimum absolute atomic E-state index is 0.465. The Bertz CT molecular complexity index is 503. The van der Waals surface area contributed by atoms with Crippen molar-refractivity contribution < 1.29 is 9.53 Å². The van der Waals surface area contributed by atoms with E-state index in [0.717, 1.165) is 18.8 Å². The molecule has 5 heteroatoms. The molecule has 1 saturated heterocycles. The topological polar surface area (TPSA) is 67.6 Å². The van der Waals surface area contributed by atoms with E-state index in [1.807, 2.05) is 32.9 Å². The fourth-order valence-electron chi connectivity index (χ4n) is 2.48. The number of amides is 1. The van der Waals surface area contributed by atoms with Gasteiger partial charge in [-0.1, -0.05) is 0 Å². The monoisotopic (exact) mass is 291 g/mol. The molecule has 21 heavy (non-hydrogen) atoms. The molecule has 1 amide bonds. The fourth-order valence-corrected chi connectivity index (χ4v) is 2.48. The highest BCUT2D eigenvalue weighted by Crippen LogP contribution is 2.29. The van der Waals surface area contributed by atoms with Gasteiger partial charge in [-0.25, -0.2) is 4.79 Å². The largest absolute Gasteiger partial charge is 0.444 e. The lowest BCUT2D eigenvalue weighted by molar-refractivity contribution is 0.0636. The zero-order valence-electron chi connectivity index (χ0n) is 13.1. The highest BCUT2D eigenvalue weighted by molar-refractivity contribution is 5.87. The van der Waals surface area contributed by atoms with E-state index in [4.69, 9.17) is 10.5 Å². The Morgan fingerprint density at radius 2 is 1.90 bits per heavy atom. The fraction of sp³-hybridized carbons (Fsp3) is 0.562. The molecule has 0 aliphatic carbocycles. The molecule has 2 rings (SSSR count). The van der Waals surface area contributed by atoms with Crippen LogP contribution in [0.3, 0.4) is 0 Å². The third-order valence-electron chi connectivity index (χ3n) is 3.37. The molecule has 0 saturated carbocycles. The Kier molecular flexibility index (Phi) is 4.60. The maximum absolute atomic E-state index is 11.7. The van der Waals surface area contributed by atoms with Crippen molar-refractivity contribution in [1.82, 2.24) is 0 Å². The van der Waals surface area contributed by atoms with Crippen LogP contribution in [0.2, 0.25) is 0 Å². The molecule has 0 aromatic heterocycles.